The minimum Gasteiger partial charge on any atom is -1.00 e. The Labute approximate surface area is 493 Å². The van der Waals surface area contributed by atoms with E-state index in [9.17, 15) is 32.4 Å². The Bertz CT molecular complexity index is 2180. The molecule has 0 bridgehead atoms. The molecule has 5 rings (SSSR count). The van der Waals surface area contributed by atoms with Crippen molar-refractivity contribution in [3.8, 4) is 0 Å². The van der Waals surface area contributed by atoms with E-state index in [-0.39, 0.29) is 165 Å². The van der Waals surface area contributed by atoms with E-state index in [1.165, 1.54) is 39.8 Å². The van der Waals surface area contributed by atoms with Crippen LogP contribution in [-0.4, -0.2) is 103 Å². The van der Waals surface area contributed by atoms with Gasteiger partial charge in [-0.1, -0.05) is 92.9 Å². The Morgan fingerprint density at radius 1 is 0.971 bits per heavy atom. The van der Waals surface area contributed by atoms with Gasteiger partial charge >= 0.3 is 115 Å². The number of rotatable bonds is 19. The van der Waals surface area contributed by atoms with Crippen molar-refractivity contribution >= 4 is 75.4 Å². The number of alkyl carbamates (subject to hydrolysis) is 1. The van der Waals surface area contributed by atoms with Crippen molar-refractivity contribution in [2.45, 2.75) is 154 Å². The molecule has 2 aromatic carbocycles. The number of sulfonamides is 1. The monoisotopic (exact) mass is 1040 g/mol. The van der Waals surface area contributed by atoms with Crippen LogP contribution < -0.4 is 119 Å². The van der Waals surface area contributed by atoms with Crippen LogP contribution in [0.25, 0.3) is 0 Å². The molecule has 2 saturated heterocycles. The molecule has 0 aliphatic carbocycles. The maximum absolute atomic E-state index is 14.8. The number of nitrogens with one attached hydrogen (secondary N) is 2. The van der Waals surface area contributed by atoms with E-state index in [1.54, 1.807) is 23.9 Å². The molecule has 5 amide bonds. The fourth-order valence-corrected chi connectivity index (χ4v) is 9.48. The van der Waals surface area contributed by atoms with Crippen LogP contribution in [0.4, 0.5) is 21.0 Å². The molecule has 3 aliphatic heterocycles. The van der Waals surface area contributed by atoms with Crippen molar-refractivity contribution in [3.63, 3.8) is 0 Å². The number of thioether (sulfide) groups is 1. The van der Waals surface area contributed by atoms with Gasteiger partial charge < -0.3 is 31.1 Å². The summed E-state index contributed by atoms with van der Waals surface area (Å²) in [5.74, 6) is -0.875. The number of anilines is 1. The van der Waals surface area contributed by atoms with Crippen LogP contribution in [-0.2, 0) is 53.7 Å². The summed E-state index contributed by atoms with van der Waals surface area (Å²) in [6.07, 6.45) is 4.78. The number of hydrogen-bond donors (Lipinski definition) is 2. The molecule has 0 aromatic heterocycles. The molecule has 2 atom stereocenters. The number of benzene rings is 2. The minimum atomic E-state index is -4.26. The first kappa shape index (κ1) is 66.2. The predicted molar refractivity (Wildman–Crippen MR) is 250 cm³/mol. The molecule has 2 fully saturated rings. The molecule has 0 radical (unpaired) electrons. The summed E-state index contributed by atoms with van der Waals surface area (Å²) in [5, 5.41) is 13.5. The third-order valence-electron chi connectivity index (χ3n) is 10.5. The number of nitrogens with zero attached hydrogens (tertiary/aromatic N) is 3. The third-order valence-corrected chi connectivity index (χ3v) is 13.7. The van der Waals surface area contributed by atoms with Gasteiger partial charge in [0.15, 0.2) is 23.1 Å². The van der Waals surface area contributed by atoms with Crippen molar-refractivity contribution in [2.75, 3.05) is 30.8 Å². The Hall–Kier alpha value is -1.78. The van der Waals surface area contributed by atoms with Crippen LogP contribution in [0.15, 0.2) is 57.2 Å². The standard InChI is InChI=1S/C39H56N4O7S2.C5H7NO3.CH2O3.CH4.2K.H/c1-9-12-17-27(11-3)26-51-31-21-20-28(38(4,5)6)25-30(31)41-35(44)33(43-36(45)39(7,8)50-37(43)46)34-40-29-18-14-15-19-32(29)52(47,48)42(34)22-16-24-49-23-13-10-2;1-5(2)3(7)6-4(8)9-5;2-1-4-3;;;;/h14-15,18-21,25,27,33H,9-13,16-17,22-24,26H2,1-8H3,(H,41,44);1-2H3,(H,6,7,8);1,3H;1H4;;;/q;;;;2*+1;-1/p-1. The van der Waals surface area contributed by atoms with Crippen molar-refractivity contribution in [1.82, 2.24) is 14.5 Å². The Kier molecular flexibility index (Phi) is 29.5. The number of aliphatic imine (C=N–C) groups is 1. The molecule has 0 saturated carbocycles. The largest absolute Gasteiger partial charge is 1.00 e. The maximum atomic E-state index is 14.8. The fourth-order valence-electron chi connectivity index (χ4n) is 6.61. The zero-order valence-electron chi connectivity index (χ0n) is 42.0. The van der Waals surface area contributed by atoms with Crippen LogP contribution in [0, 0.1) is 5.92 Å². The molecule has 370 valence electrons. The smallest absolute Gasteiger partial charge is 1.00 e. The van der Waals surface area contributed by atoms with Gasteiger partial charge in [-0.15, -0.1) is 11.8 Å². The molecule has 18 nitrogen and oxygen atoms in total. The summed E-state index contributed by atoms with van der Waals surface area (Å²) in [7, 11) is -4.26. The molecule has 2 unspecified atom stereocenters. The number of amidine groups is 1. The zero-order valence-corrected chi connectivity index (χ0v) is 48.9. The van der Waals surface area contributed by atoms with Crippen LogP contribution in [0.1, 0.15) is 129 Å². The van der Waals surface area contributed by atoms with E-state index in [0.717, 1.165) is 59.0 Å². The van der Waals surface area contributed by atoms with E-state index in [1.807, 2.05) is 23.5 Å². The first-order valence-electron chi connectivity index (χ1n) is 21.7. The van der Waals surface area contributed by atoms with Crippen LogP contribution in [0.3, 0.4) is 0 Å². The van der Waals surface area contributed by atoms with E-state index >= 15 is 0 Å². The Balaban J connectivity index is 0. The molecule has 3 aliphatic rings. The summed E-state index contributed by atoms with van der Waals surface area (Å²) in [5.41, 5.74) is -1.23. The van der Waals surface area contributed by atoms with Crippen molar-refractivity contribution < 1.29 is 166 Å². The second kappa shape index (κ2) is 30.3. The fraction of sp³-hybridized carbons (Fsp3) is 0.587. The number of cyclic esters (lactones) is 2. The number of ether oxygens (including phenoxy) is 3. The van der Waals surface area contributed by atoms with Crippen LogP contribution >= 0.6 is 11.8 Å². The van der Waals surface area contributed by atoms with Crippen LogP contribution in [0.5, 0.6) is 0 Å². The molecule has 2 N–H and O–H groups in total. The first-order chi connectivity index (χ1) is 30.5. The summed E-state index contributed by atoms with van der Waals surface area (Å²) in [6.45, 7) is 19.1. The second-order valence-electron chi connectivity index (χ2n) is 17.5. The normalized spacial score (nSPS) is 17.0. The summed E-state index contributed by atoms with van der Waals surface area (Å²) in [4.78, 5) is 80.6. The molecule has 3 heterocycles. The number of carbonyl (C=O) groups excluding carboxylic acids is 6. The van der Waals surface area contributed by atoms with Crippen molar-refractivity contribution in [2.24, 2.45) is 10.9 Å². The minimum absolute atomic E-state index is 0. The first-order valence-corrected chi connectivity index (χ1v) is 24.1. The van der Waals surface area contributed by atoms with Crippen molar-refractivity contribution in [1.29, 1.82) is 0 Å². The van der Waals surface area contributed by atoms with Gasteiger partial charge in [0.05, 0.1) is 11.4 Å². The SMILES string of the molecule is C.CC1(C)OC(=O)NC1=O.CCCCOCCCN1C(C(C(=O)Nc2cc(C(C)(C)C)ccc2SCC(CC)CCCC)N2C(=O)OC(C)(C)C2=O)=Nc2ccccc2S1(=O)=O.O=CO[O-].[H-].[K+].[K+]. The van der Waals surface area contributed by atoms with Gasteiger partial charge in [0, 0.05) is 30.4 Å². The van der Waals surface area contributed by atoms with Gasteiger partial charge in [0.1, 0.15) is 4.90 Å². The van der Waals surface area contributed by atoms with Gasteiger partial charge in [0.2, 0.25) is 0 Å². The van der Waals surface area contributed by atoms with Crippen LogP contribution in [0.2, 0.25) is 0 Å². The number of para-hydroxylation sites is 1. The van der Waals surface area contributed by atoms with Gasteiger partial charge in [-0.2, -0.15) is 0 Å². The molecule has 22 heteroatoms. The molecule has 68 heavy (non-hydrogen) atoms. The molecule has 2 aromatic rings. The number of imide groups is 2. The van der Waals surface area contributed by atoms with Crippen molar-refractivity contribution in [3.05, 3.63) is 48.0 Å². The molecule has 0 spiro atoms. The maximum Gasteiger partial charge on any atom is 1.00 e. The second-order valence-corrected chi connectivity index (χ2v) is 20.4. The van der Waals surface area contributed by atoms with Gasteiger partial charge in [0.25, 0.3) is 34.2 Å². The van der Waals surface area contributed by atoms with E-state index in [4.69, 9.17) is 24.5 Å². The van der Waals surface area contributed by atoms with Gasteiger partial charge in [-0.25, -0.2) is 27.9 Å². The molecular formula is C46H69K2N5O13S2. The summed E-state index contributed by atoms with van der Waals surface area (Å²) in [6, 6.07) is 10.4. The number of unbranched alkanes of at least 4 members (excludes halogenated alkanes) is 2. The average molecular weight is 1040 g/mol. The Morgan fingerprint density at radius 3 is 2.09 bits per heavy atom. The summed E-state index contributed by atoms with van der Waals surface area (Å²) >= 11 is 1.64. The van der Waals surface area contributed by atoms with E-state index in [0.29, 0.717) is 23.1 Å². The predicted octanol–water partition coefficient (Wildman–Crippen LogP) is 1.52. The topological polar surface area (TPSA) is 239 Å². The van der Waals surface area contributed by atoms with Gasteiger partial charge in [-0.05, 0) is 88.1 Å². The zero-order chi connectivity index (χ0) is 48.8. The number of hydrogen-bond acceptors (Lipinski definition) is 15. The summed E-state index contributed by atoms with van der Waals surface area (Å²) < 4.78 is 45.3. The molecular weight excluding hydrogens is 973 g/mol. The number of amides is 5. The van der Waals surface area contributed by atoms with E-state index in [2.05, 4.69) is 56.5 Å². The number of carbonyl (C=O) groups is 6. The Morgan fingerprint density at radius 2 is 1.59 bits per heavy atom. The van der Waals surface area contributed by atoms with Gasteiger partial charge in [-0.3, -0.25) is 28.8 Å². The van der Waals surface area contributed by atoms with E-state index < -0.39 is 51.3 Å². The number of fused-ring (bicyclic) bond motifs is 1. The quantitative estimate of drug-likeness (QED) is 0.0507. The average Bonchev–Trinajstić information content (AvgIpc) is 3.60. The third kappa shape index (κ3) is 18.4.